The minimum atomic E-state index is -3.40. The third-order valence-corrected chi connectivity index (χ3v) is 5.05. The van der Waals surface area contributed by atoms with Crippen LogP contribution in [-0.2, 0) is 15.4 Å². The molecule has 0 spiro atoms. The Balaban J connectivity index is 3.46. The molecule has 0 unspecified atom stereocenters. The molecule has 0 amide bonds. The summed E-state index contributed by atoms with van der Waals surface area (Å²) < 4.78 is 22.7. The maximum Gasteiger partial charge on any atom is 0.186 e. The first kappa shape index (κ1) is 12.2. The van der Waals surface area contributed by atoms with E-state index in [1.807, 2.05) is 6.07 Å². The number of nitriles is 1. The van der Waals surface area contributed by atoms with Crippen LogP contribution in [0.2, 0.25) is 0 Å². The van der Waals surface area contributed by atoms with Crippen molar-refractivity contribution in [2.45, 2.75) is 23.7 Å². The molecular formula is C9H11NO3S2. The second-order valence-electron chi connectivity index (χ2n) is 3.75. The Kier molecular flexibility index (Phi) is 2.92. The molecule has 0 aliphatic heterocycles. The molecule has 0 saturated heterocycles. The van der Waals surface area contributed by atoms with Crippen LogP contribution in [0.3, 0.4) is 0 Å². The fourth-order valence-electron chi connectivity index (χ4n) is 1.03. The zero-order valence-electron chi connectivity index (χ0n) is 8.60. The van der Waals surface area contributed by atoms with Gasteiger partial charge in [0.1, 0.15) is 10.3 Å². The molecular weight excluding hydrogens is 234 g/mol. The zero-order chi connectivity index (χ0) is 11.9. The van der Waals surface area contributed by atoms with Crippen LogP contribution in [0.4, 0.5) is 0 Å². The van der Waals surface area contributed by atoms with Crippen LogP contribution < -0.4 is 0 Å². The van der Waals surface area contributed by atoms with Crippen LogP contribution >= 0.6 is 11.3 Å². The van der Waals surface area contributed by atoms with Crippen molar-refractivity contribution in [3.05, 3.63) is 16.5 Å². The SMILES string of the molecule is CC(C)(O)c1cc(C#N)c(S(C)(=O)=O)s1. The van der Waals surface area contributed by atoms with Crippen molar-refractivity contribution < 1.29 is 13.5 Å². The van der Waals surface area contributed by atoms with Crippen LogP contribution in [0.25, 0.3) is 0 Å². The molecule has 1 aromatic heterocycles. The minimum Gasteiger partial charge on any atom is -0.385 e. The summed E-state index contributed by atoms with van der Waals surface area (Å²) in [5.41, 5.74) is -1.03. The summed E-state index contributed by atoms with van der Waals surface area (Å²) in [6, 6.07) is 3.23. The van der Waals surface area contributed by atoms with E-state index in [1.54, 1.807) is 13.8 Å². The van der Waals surface area contributed by atoms with Crippen molar-refractivity contribution in [3.8, 4) is 6.07 Å². The molecule has 0 bridgehead atoms. The quantitative estimate of drug-likeness (QED) is 0.850. The molecule has 1 rings (SSSR count). The number of nitrogens with zero attached hydrogens (tertiary/aromatic N) is 1. The van der Waals surface area contributed by atoms with Gasteiger partial charge in [0, 0.05) is 11.1 Å². The number of hydrogen-bond donors (Lipinski definition) is 1. The largest absolute Gasteiger partial charge is 0.385 e. The van der Waals surface area contributed by atoms with Gasteiger partial charge in [-0.15, -0.1) is 11.3 Å². The van der Waals surface area contributed by atoms with Crippen molar-refractivity contribution in [1.29, 1.82) is 5.26 Å². The fourth-order valence-corrected chi connectivity index (χ4v) is 3.25. The zero-order valence-corrected chi connectivity index (χ0v) is 10.2. The summed E-state index contributed by atoms with van der Waals surface area (Å²) in [7, 11) is -3.40. The molecule has 0 saturated carbocycles. The standard InChI is InChI=1S/C9H11NO3S2/c1-9(2,11)7-4-6(5-10)8(14-7)15(3,12)13/h4,11H,1-3H3. The lowest BCUT2D eigenvalue weighted by molar-refractivity contribution is 0.0825. The monoisotopic (exact) mass is 245 g/mol. The first-order chi connectivity index (χ1) is 6.66. The average Bonchev–Trinajstić information content (AvgIpc) is 2.44. The normalized spacial score (nSPS) is 12.5. The number of hydrogen-bond acceptors (Lipinski definition) is 5. The summed E-state index contributed by atoms with van der Waals surface area (Å²) in [5, 5.41) is 18.5. The van der Waals surface area contributed by atoms with Gasteiger partial charge < -0.3 is 5.11 Å². The van der Waals surface area contributed by atoms with Gasteiger partial charge in [-0.25, -0.2) is 8.42 Å². The number of sulfone groups is 1. The molecule has 0 atom stereocenters. The van der Waals surface area contributed by atoms with E-state index in [1.165, 1.54) is 6.07 Å². The summed E-state index contributed by atoms with van der Waals surface area (Å²) >= 11 is 0.937. The molecule has 1 heterocycles. The summed E-state index contributed by atoms with van der Waals surface area (Å²) in [5.74, 6) is 0. The van der Waals surface area contributed by atoms with Crippen molar-refractivity contribution in [3.63, 3.8) is 0 Å². The van der Waals surface area contributed by atoms with Crippen LogP contribution in [0.1, 0.15) is 24.3 Å². The maximum atomic E-state index is 11.3. The predicted octanol–water partition coefficient (Wildman–Crippen LogP) is 1.25. The number of rotatable bonds is 2. The van der Waals surface area contributed by atoms with Crippen molar-refractivity contribution >= 4 is 21.2 Å². The molecule has 6 heteroatoms. The van der Waals surface area contributed by atoms with Gasteiger partial charge >= 0.3 is 0 Å². The van der Waals surface area contributed by atoms with E-state index in [-0.39, 0.29) is 9.77 Å². The molecule has 15 heavy (non-hydrogen) atoms. The van der Waals surface area contributed by atoms with E-state index < -0.39 is 15.4 Å². The van der Waals surface area contributed by atoms with Gasteiger partial charge in [0.25, 0.3) is 0 Å². The van der Waals surface area contributed by atoms with Crippen molar-refractivity contribution in [1.82, 2.24) is 0 Å². The highest BCUT2D eigenvalue weighted by Crippen LogP contribution is 2.33. The molecule has 0 aliphatic rings. The van der Waals surface area contributed by atoms with Crippen LogP contribution in [-0.4, -0.2) is 19.8 Å². The molecule has 0 fully saturated rings. The second-order valence-corrected chi connectivity index (χ2v) is 7.02. The Hall–Kier alpha value is -0.900. The second kappa shape index (κ2) is 3.59. The Bertz CT molecular complexity index is 515. The molecule has 1 N–H and O–H groups in total. The lowest BCUT2D eigenvalue weighted by Gasteiger charge is -2.13. The average molecular weight is 245 g/mol. The topological polar surface area (TPSA) is 78.2 Å². The highest BCUT2D eigenvalue weighted by molar-refractivity contribution is 7.92. The van der Waals surface area contributed by atoms with Crippen LogP contribution in [0, 0.1) is 11.3 Å². The summed E-state index contributed by atoms with van der Waals surface area (Å²) in [6.45, 7) is 3.10. The summed E-state index contributed by atoms with van der Waals surface area (Å²) in [4.78, 5) is 0.472. The van der Waals surface area contributed by atoms with E-state index in [0.29, 0.717) is 4.88 Å². The Morgan fingerprint density at radius 1 is 1.53 bits per heavy atom. The number of aliphatic hydroxyl groups is 1. The first-order valence-corrected chi connectivity index (χ1v) is 6.84. The Labute approximate surface area is 92.7 Å². The molecule has 4 nitrogen and oxygen atoms in total. The maximum absolute atomic E-state index is 11.3. The third kappa shape index (κ3) is 2.56. The Morgan fingerprint density at radius 3 is 2.33 bits per heavy atom. The molecule has 0 aromatic carbocycles. The van der Waals surface area contributed by atoms with Gasteiger partial charge in [0.05, 0.1) is 11.2 Å². The van der Waals surface area contributed by atoms with E-state index in [4.69, 9.17) is 5.26 Å². The van der Waals surface area contributed by atoms with Crippen molar-refractivity contribution in [2.24, 2.45) is 0 Å². The highest BCUT2D eigenvalue weighted by Gasteiger charge is 2.25. The van der Waals surface area contributed by atoms with E-state index in [0.717, 1.165) is 17.6 Å². The summed E-state index contributed by atoms with van der Waals surface area (Å²) in [6.07, 6.45) is 1.05. The fraction of sp³-hybridized carbons (Fsp3) is 0.444. The predicted molar refractivity (Wildman–Crippen MR) is 57.4 cm³/mol. The van der Waals surface area contributed by atoms with Gasteiger partial charge in [-0.3, -0.25) is 0 Å². The van der Waals surface area contributed by atoms with Crippen LogP contribution in [0.5, 0.6) is 0 Å². The van der Waals surface area contributed by atoms with Gasteiger partial charge in [-0.2, -0.15) is 5.26 Å². The van der Waals surface area contributed by atoms with E-state index in [9.17, 15) is 13.5 Å². The highest BCUT2D eigenvalue weighted by atomic mass is 32.2. The molecule has 1 aromatic rings. The van der Waals surface area contributed by atoms with E-state index >= 15 is 0 Å². The third-order valence-electron chi connectivity index (χ3n) is 1.76. The van der Waals surface area contributed by atoms with Gasteiger partial charge in [0.15, 0.2) is 9.84 Å². The van der Waals surface area contributed by atoms with Crippen LogP contribution in [0.15, 0.2) is 10.3 Å². The van der Waals surface area contributed by atoms with Crippen molar-refractivity contribution in [2.75, 3.05) is 6.26 Å². The minimum absolute atomic E-state index is 0.0159. The smallest absolute Gasteiger partial charge is 0.186 e. The molecule has 0 radical (unpaired) electrons. The van der Waals surface area contributed by atoms with Gasteiger partial charge in [-0.05, 0) is 19.9 Å². The Morgan fingerprint density at radius 2 is 2.07 bits per heavy atom. The van der Waals surface area contributed by atoms with Gasteiger partial charge in [-0.1, -0.05) is 0 Å². The number of thiophene rings is 1. The molecule has 0 aliphatic carbocycles. The first-order valence-electron chi connectivity index (χ1n) is 4.13. The van der Waals surface area contributed by atoms with E-state index in [2.05, 4.69) is 0 Å². The van der Waals surface area contributed by atoms with Gasteiger partial charge in [0.2, 0.25) is 0 Å². The lowest BCUT2D eigenvalue weighted by Crippen LogP contribution is -2.12. The lowest BCUT2D eigenvalue weighted by atomic mass is 10.1. The molecule has 82 valence electrons.